The number of hydrogen-bond donors (Lipinski definition) is 0. The second-order valence-electron chi connectivity index (χ2n) is 7.71. The van der Waals surface area contributed by atoms with Crippen LogP contribution in [0.5, 0.6) is 11.5 Å². The van der Waals surface area contributed by atoms with E-state index in [4.69, 9.17) is 9.47 Å². The Morgan fingerprint density at radius 1 is 0.815 bits per heavy atom. The molecule has 2 heterocycles. The highest BCUT2D eigenvalue weighted by molar-refractivity contribution is 9.10. The van der Waals surface area contributed by atoms with Crippen molar-refractivity contribution in [1.29, 1.82) is 0 Å². The van der Waals surface area contributed by atoms with Crippen LogP contribution >= 0.6 is 31.9 Å². The van der Waals surface area contributed by atoms with Crippen molar-refractivity contribution in [3.63, 3.8) is 0 Å². The van der Waals surface area contributed by atoms with Gasteiger partial charge in [-0.05, 0) is 48.6 Å². The molecule has 1 fully saturated rings. The summed E-state index contributed by atoms with van der Waals surface area (Å²) in [5.41, 5.74) is 2.81. The third-order valence-corrected chi connectivity index (χ3v) is 6.48. The highest BCUT2D eigenvalue weighted by atomic mass is 79.9. The predicted molar refractivity (Wildman–Crippen MR) is 112 cm³/mol. The van der Waals surface area contributed by atoms with E-state index in [1.165, 1.54) is 0 Å². The molecule has 5 heteroatoms. The average Bonchev–Trinajstić information content (AvgIpc) is 2.64. The minimum atomic E-state index is -0.402. The van der Waals surface area contributed by atoms with Crippen LogP contribution < -0.4 is 9.47 Å². The molecule has 0 bridgehead atoms. The number of benzene rings is 2. The normalized spacial score (nSPS) is 24.2. The summed E-state index contributed by atoms with van der Waals surface area (Å²) in [5, 5.41) is 0. The van der Waals surface area contributed by atoms with Crippen LogP contribution in [0.25, 0.3) is 12.2 Å². The monoisotopic (exact) mass is 486 g/mol. The largest absolute Gasteiger partial charge is 0.484 e. The minimum absolute atomic E-state index is 0.000533. The van der Waals surface area contributed by atoms with Gasteiger partial charge in [-0.1, -0.05) is 45.7 Å². The van der Waals surface area contributed by atoms with Crippen LogP contribution in [0.4, 0.5) is 0 Å². The summed E-state index contributed by atoms with van der Waals surface area (Å²) >= 11 is 6.98. The molecule has 0 saturated heterocycles. The molecule has 5 rings (SSSR count). The van der Waals surface area contributed by atoms with E-state index in [-0.39, 0.29) is 18.0 Å². The smallest absolute Gasteiger partial charge is 0.192 e. The Labute approximate surface area is 174 Å². The lowest BCUT2D eigenvalue weighted by Gasteiger charge is -2.48. The number of ether oxygens (including phenoxy) is 2. The van der Waals surface area contributed by atoms with Gasteiger partial charge in [-0.3, -0.25) is 4.79 Å². The number of rotatable bonds is 0. The van der Waals surface area contributed by atoms with Gasteiger partial charge in [0.25, 0.3) is 0 Å². The van der Waals surface area contributed by atoms with Crippen molar-refractivity contribution in [3.05, 3.63) is 67.6 Å². The minimum Gasteiger partial charge on any atom is -0.484 e. The molecule has 1 saturated carbocycles. The molecule has 2 aliphatic heterocycles. The molecule has 0 spiro atoms. The Bertz CT molecular complexity index is 984. The molecule has 27 heavy (non-hydrogen) atoms. The fourth-order valence-corrected chi connectivity index (χ4v) is 4.88. The van der Waals surface area contributed by atoms with Crippen molar-refractivity contribution in [2.75, 3.05) is 0 Å². The van der Waals surface area contributed by atoms with Crippen molar-refractivity contribution < 1.29 is 14.3 Å². The summed E-state index contributed by atoms with van der Waals surface area (Å²) in [7, 11) is 0. The zero-order chi connectivity index (χ0) is 18.9. The number of hydrogen-bond acceptors (Lipinski definition) is 3. The van der Waals surface area contributed by atoms with Gasteiger partial charge in [0.1, 0.15) is 23.7 Å². The van der Waals surface area contributed by atoms with E-state index in [2.05, 4.69) is 45.7 Å². The number of Topliss-reactive ketones (excluding diaryl/α,β-unsaturated/α-hetero) is 1. The van der Waals surface area contributed by atoms with Crippen molar-refractivity contribution in [2.24, 2.45) is 5.41 Å². The van der Waals surface area contributed by atoms with Crippen LogP contribution in [-0.2, 0) is 4.79 Å². The zero-order valence-corrected chi connectivity index (χ0v) is 17.9. The van der Waals surface area contributed by atoms with Crippen molar-refractivity contribution in [3.8, 4) is 11.5 Å². The van der Waals surface area contributed by atoms with E-state index < -0.39 is 5.41 Å². The molecule has 3 aliphatic rings. The van der Waals surface area contributed by atoms with Gasteiger partial charge in [-0.2, -0.15) is 0 Å². The highest BCUT2D eigenvalue weighted by Crippen LogP contribution is 2.50. The second kappa shape index (κ2) is 5.82. The van der Waals surface area contributed by atoms with Crippen molar-refractivity contribution >= 4 is 49.8 Å². The molecule has 2 aromatic carbocycles. The molecule has 0 N–H and O–H groups in total. The average molecular weight is 488 g/mol. The molecular formula is C22H16Br2O3. The van der Waals surface area contributed by atoms with Gasteiger partial charge in [0.2, 0.25) is 0 Å². The summed E-state index contributed by atoms with van der Waals surface area (Å²) in [6.07, 6.45) is 3.23. The Kier molecular flexibility index (Phi) is 3.72. The zero-order valence-electron chi connectivity index (χ0n) is 14.8. The van der Waals surface area contributed by atoms with E-state index in [9.17, 15) is 4.79 Å². The number of fused-ring (bicyclic) bond motifs is 4. The van der Waals surface area contributed by atoms with Crippen molar-refractivity contribution in [2.45, 2.75) is 26.1 Å². The SMILES string of the molecule is CC1(C)[C@@H]2Oc3ccc(Br)cc3C=C2C(=O)C2=Cc3cc(Br)ccc3O[C@@H]21. The lowest BCUT2D eigenvalue weighted by molar-refractivity contribution is -0.119. The molecule has 136 valence electrons. The Balaban J connectivity index is 1.68. The fraction of sp³-hybridized carbons (Fsp3) is 0.227. The first-order valence-electron chi connectivity index (χ1n) is 8.75. The van der Waals surface area contributed by atoms with Gasteiger partial charge < -0.3 is 9.47 Å². The Morgan fingerprint density at radius 2 is 1.26 bits per heavy atom. The second-order valence-corrected chi connectivity index (χ2v) is 9.54. The van der Waals surface area contributed by atoms with Gasteiger partial charge in [0.15, 0.2) is 5.78 Å². The van der Waals surface area contributed by atoms with Gasteiger partial charge in [0, 0.05) is 36.6 Å². The van der Waals surface area contributed by atoms with Crippen LogP contribution in [0.15, 0.2) is 56.5 Å². The molecule has 0 unspecified atom stereocenters. The van der Waals surface area contributed by atoms with Gasteiger partial charge in [0.05, 0.1) is 0 Å². The molecule has 2 atom stereocenters. The van der Waals surface area contributed by atoms with E-state index >= 15 is 0 Å². The van der Waals surface area contributed by atoms with Crippen molar-refractivity contribution in [1.82, 2.24) is 0 Å². The molecule has 2 aromatic rings. The number of ketones is 1. The van der Waals surface area contributed by atoms with E-state index in [0.717, 1.165) is 31.6 Å². The first kappa shape index (κ1) is 17.3. The lowest BCUT2D eigenvalue weighted by Crippen LogP contribution is -2.56. The summed E-state index contributed by atoms with van der Waals surface area (Å²) in [6, 6.07) is 11.7. The Hall–Kier alpha value is -1.85. The molecule has 0 aromatic heterocycles. The maximum absolute atomic E-state index is 13.4. The third kappa shape index (κ3) is 2.55. The molecule has 3 nitrogen and oxygen atoms in total. The van der Waals surface area contributed by atoms with Crippen LogP contribution in [0.3, 0.4) is 0 Å². The molecule has 1 aliphatic carbocycles. The highest BCUT2D eigenvalue weighted by Gasteiger charge is 2.54. The summed E-state index contributed by atoms with van der Waals surface area (Å²) < 4.78 is 14.5. The molecule has 0 amide bonds. The summed E-state index contributed by atoms with van der Waals surface area (Å²) in [6.45, 7) is 4.20. The lowest BCUT2D eigenvalue weighted by atomic mass is 9.65. The topological polar surface area (TPSA) is 35.5 Å². The summed E-state index contributed by atoms with van der Waals surface area (Å²) in [5.74, 6) is 1.58. The van der Waals surface area contributed by atoms with E-state index in [1.54, 1.807) is 0 Å². The van der Waals surface area contributed by atoms with Crippen LogP contribution in [0.1, 0.15) is 25.0 Å². The number of carbonyl (C=O) groups is 1. The van der Waals surface area contributed by atoms with Crippen LogP contribution in [0, 0.1) is 5.41 Å². The molecule has 0 radical (unpaired) electrons. The Morgan fingerprint density at radius 3 is 1.70 bits per heavy atom. The van der Waals surface area contributed by atoms with Gasteiger partial charge >= 0.3 is 0 Å². The quantitative estimate of drug-likeness (QED) is 0.470. The van der Waals surface area contributed by atoms with Gasteiger partial charge in [-0.25, -0.2) is 0 Å². The third-order valence-electron chi connectivity index (χ3n) is 5.50. The van der Waals surface area contributed by atoms with Crippen LogP contribution in [-0.4, -0.2) is 18.0 Å². The molecular weight excluding hydrogens is 472 g/mol. The predicted octanol–water partition coefficient (Wildman–Crippen LogP) is 5.81. The standard InChI is InChI=1S/C22H16Br2O3/c1-22(2)20-15(9-11-7-13(23)3-5-17(11)26-20)19(25)16-10-12-8-14(24)4-6-18(12)27-21(16)22/h3-10,20-21H,1-2H3/t20-,21+. The van der Waals surface area contributed by atoms with Crippen LogP contribution in [0.2, 0.25) is 0 Å². The fourth-order valence-electron chi connectivity index (χ4n) is 4.12. The first-order chi connectivity index (χ1) is 12.8. The first-order valence-corrected chi connectivity index (χ1v) is 10.3. The van der Waals surface area contributed by atoms with Gasteiger partial charge in [-0.15, -0.1) is 0 Å². The number of halogens is 2. The maximum atomic E-state index is 13.4. The van der Waals surface area contributed by atoms with E-state index in [0.29, 0.717) is 11.1 Å². The summed E-state index contributed by atoms with van der Waals surface area (Å²) in [4.78, 5) is 13.4. The number of carbonyl (C=O) groups excluding carboxylic acids is 1. The maximum Gasteiger partial charge on any atom is 0.192 e. The van der Waals surface area contributed by atoms with E-state index in [1.807, 2.05) is 48.6 Å².